The fourth-order valence-electron chi connectivity index (χ4n) is 2.75. The molecule has 6 nitrogen and oxygen atoms in total. The van der Waals surface area contributed by atoms with Gasteiger partial charge in [-0.1, -0.05) is 36.4 Å². The lowest BCUT2D eigenvalue weighted by atomic mass is 10.0. The second-order valence-electron chi connectivity index (χ2n) is 6.66. The number of hydrogen-bond acceptors (Lipinski definition) is 5. The average molecular weight is 433 g/mol. The first-order valence-corrected chi connectivity index (χ1v) is 9.27. The molecule has 0 heterocycles. The summed E-state index contributed by atoms with van der Waals surface area (Å²) in [5.41, 5.74) is 0.357. The number of ether oxygens (including phenoxy) is 1. The van der Waals surface area contributed by atoms with Gasteiger partial charge in [0.05, 0.1) is 23.4 Å². The van der Waals surface area contributed by atoms with E-state index in [2.05, 4.69) is 10.6 Å². The first-order valence-electron chi connectivity index (χ1n) is 9.27. The van der Waals surface area contributed by atoms with E-state index in [1.165, 1.54) is 25.1 Å². The van der Waals surface area contributed by atoms with Crippen LogP contribution < -0.4 is 10.6 Å². The van der Waals surface area contributed by atoms with Gasteiger partial charge in [0.25, 0.3) is 5.91 Å². The minimum Gasteiger partial charge on any atom is -0.455 e. The number of alkyl halides is 3. The Morgan fingerprint density at radius 1 is 1.00 bits per heavy atom. The number of allylic oxidation sites excluding steroid dienone is 2. The summed E-state index contributed by atoms with van der Waals surface area (Å²) in [7, 11) is 0. The molecule has 0 atom stereocenters. The molecule has 0 aliphatic rings. The van der Waals surface area contributed by atoms with Gasteiger partial charge in [0.15, 0.2) is 6.61 Å². The highest BCUT2D eigenvalue weighted by Gasteiger charge is 2.33. The van der Waals surface area contributed by atoms with E-state index >= 15 is 0 Å². The molecule has 0 unspecified atom stereocenters. The van der Waals surface area contributed by atoms with Crippen LogP contribution in [-0.4, -0.2) is 24.2 Å². The van der Waals surface area contributed by atoms with Crippen molar-refractivity contribution in [3.05, 3.63) is 77.1 Å². The van der Waals surface area contributed by atoms with E-state index < -0.39 is 36.6 Å². The number of hydrogen-bond donors (Lipinski definition) is 3. The Morgan fingerprint density at radius 2 is 1.61 bits per heavy atom. The quantitative estimate of drug-likeness (QED) is 0.428. The summed E-state index contributed by atoms with van der Waals surface area (Å²) in [6.45, 7) is 2.45. The molecule has 0 spiro atoms. The van der Waals surface area contributed by atoms with Crippen molar-refractivity contribution in [2.75, 3.05) is 11.9 Å². The van der Waals surface area contributed by atoms with Crippen molar-refractivity contribution < 1.29 is 27.5 Å². The summed E-state index contributed by atoms with van der Waals surface area (Å²) < 4.78 is 43.9. The standard InChI is InChI=1S/C22H22F3N3O3/c1-14(26)21(15(2)27-17-9-4-3-5-10-17)28-19(29)13-31-20(30)12-16-8-6-7-11-18(16)22(23,24)25/h3-11,26-27H,12-13H2,1-2H3,(H,28,29)/b21-15+,26-14?. The summed E-state index contributed by atoms with van der Waals surface area (Å²) in [6, 6.07) is 13.8. The molecule has 0 saturated heterocycles. The third kappa shape index (κ3) is 7.29. The largest absolute Gasteiger partial charge is 0.455 e. The second kappa shape index (κ2) is 10.4. The molecule has 9 heteroatoms. The lowest BCUT2D eigenvalue weighted by molar-refractivity contribution is -0.148. The van der Waals surface area contributed by atoms with Crippen LogP contribution in [0.4, 0.5) is 18.9 Å². The number of nitrogens with one attached hydrogen (secondary N) is 3. The highest BCUT2D eigenvalue weighted by atomic mass is 19.4. The number of amides is 1. The number of carbonyl (C=O) groups excluding carboxylic acids is 2. The minimum atomic E-state index is -4.60. The maximum atomic E-state index is 13.0. The molecule has 0 aromatic heterocycles. The predicted molar refractivity (Wildman–Crippen MR) is 110 cm³/mol. The fraction of sp³-hybridized carbons (Fsp3) is 0.227. The van der Waals surface area contributed by atoms with Gasteiger partial charge >= 0.3 is 12.1 Å². The summed E-state index contributed by atoms with van der Waals surface area (Å²) in [6.07, 6.45) is -5.22. The highest BCUT2D eigenvalue weighted by molar-refractivity contribution is 6.00. The predicted octanol–water partition coefficient (Wildman–Crippen LogP) is 4.29. The van der Waals surface area contributed by atoms with Crippen molar-refractivity contribution in [1.29, 1.82) is 5.41 Å². The number of para-hydroxylation sites is 1. The Labute approximate surface area is 177 Å². The number of carbonyl (C=O) groups is 2. The first-order chi connectivity index (χ1) is 14.6. The number of rotatable bonds is 8. The van der Waals surface area contributed by atoms with E-state index in [1.807, 2.05) is 30.3 Å². The van der Waals surface area contributed by atoms with Crippen molar-refractivity contribution >= 4 is 23.3 Å². The number of benzene rings is 2. The molecular formula is C22H22F3N3O3. The monoisotopic (exact) mass is 433 g/mol. The molecule has 0 saturated carbocycles. The Balaban J connectivity index is 1.98. The lowest BCUT2D eigenvalue weighted by Gasteiger charge is -2.15. The summed E-state index contributed by atoms with van der Waals surface area (Å²) in [5, 5.41) is 13.4. The van der Waals surface area contributed by atoms with Crippen LogP contribution in [0.25, 0.3) is 0 Å². The molecule has 1 amide bonds. The number of anilines is 1. The zero-order valence-electron chi connectivity index (χ0n) is 17.0. The van der Waals surface area contributed by atoms with Gasteiger partial charge < -0.3 is 20.8 Å². The molecule has 2 aromatic carbocycles. The van der Waals surface area contributed by atoms with Crippen LogP contribution >= 0.6 is 0 Å². The highest BCUT2D eigenvalue weighted by Crippen LogP contribution is 2.32. The zero-order chi connectivity index (χ0) is 23.0. The van der Waals surface area contributed by atoms with Crippen LogP contribution in [0.15, 0.2) is 66.0 Å². The Morgan fingerprint density at radius 3 is 2.23 bits per heavy atom. The molecule has 0 aliphatic heterocycles. The van der Waals surface area contributed by atoms with E-state index in [4.69, 9.17) is 10.1 Å². The van der Waals surface area contributed by atoms with Crippen LogP contribution in [0.1, 0.15) is 25.0 Å². The summed E-state index contributed by atoms with van der Waals surface area (Å²) in [5.74, 6) is -1.68. The summed E-state index contributed by atoms with van der Waals surface area (Å²) >= 11 is 0. The van der Waals surface area contributed by atoms with Gasteiger partial charge in [-0.15, -0.1) is 0 Å². The van der Waals surface area contributed by atoms with Gasteiger partial charge in [-0.05, 0) is 37.6 Å². The molecule has 0 radical (unpaired) electrons. The second-order valence-corrected chi connectivity index (χ2v) is 6.66. The molecule has 0 fully saturated rings. The fourth-order valence-corrected chi connectivity index (χ4v) is 2.75. The molecule has 31 heavy (non-hydrogen) atoms. The molecule has 2 rings (SSSR count). The first kappa shape index (κ1) is 23.7. The summed E-state index contributed by atoms with van der Waals surface area (Å²) in [4.78, 5) is 24.1. The minimum absolute atomic E-state index is 0.0692. The van der Waals surface area contributed by atoms with E-state index in [1.54, 1.807) is 6.92 Å². The van der Waals surface area contributed by atoms with E-state index in [0.717, 1.165) is 11.8 Å². The SMILES string of the molecule is CC(=N)/C(NC(=O)COC(=O)Cc1ccccc1C(F)(F)F)=C(/C)Nc1ccccc1. The van der Waals surface area contributed by atoms with Crippen LogP contribution in [0, 0.1) is 5.41 Å². The average Bonchev–Trinajstić information content (AvgIpc) is 2.70. The van der Waals surface area contributed by atoms with Gasteiger partial charge in [0, 0.05) is 11.4 Å². The van der Waals surface area contributed by atoms with Crippen molar-refractivity contribution in [2.45, 2.75) is 26.4 Å². The number of halogens is 3. The third-order valence-electron chi connectivity index (χ3n) is 4.14. The maximum Gasteiger partial charge on any atom is 0.416 e. The molecular weight excluding hydrogens is 411 g/mol. The molecule has 0 aliphatic carbocycles. The molecule has 3 N–H and O–H groups in total. The third-order valence-corrected chi connectivity index (χ3v) is 4.14. The van der Waals surface area contributed by atoms with Gasteiger partial charge in [0.2, 0.25) is 0 Å². The van der Waals surface area contributed by atoms with Gasteiger partial charge in [0.1, 0.15) is 0 Å². The van der Waals surface area contributed by atoms with Crippen molar-refractivity contribution in [1.82, 2.24) is 5.32 Å². The van der Waals surface area contributed by atoms with Gasteiger partial charge in [-0.2, -0.15) is 13.2 Å². The number of esters is 1. The Bertz CT molecular complexity index is 986. The van der Waals surface area contributed by atoms with Crippen LogP contribution in [0.2, 0.25) is 0 Å². The van der Waals surface area contributed by atoms with Gasteiger partial charge in [-0.3, -0.25) is 9.59 Å². The normalized spacial score (nSPS) is 11.9. The Hall–Kier alpha value is -3.62. The van der Waals surface area contributed by atoms with E-state index in [0.29, 0.717) is 5.70 Å². The van der Waals surface area contributed by atoms with Crippen molar-refractivity contribution in [3.63, 3.8) is 0 Å². The molecule has 0 bridgehead atoms. The van der Waals surface area contributed by atoms with E-state index in [-0.39, 0.29) is 17.0 Å². The van der Waals surface area contributed by atoms with Crippen LogP contribution in [0.5, 0.6) is 0 Å². The topological polar surface area (TPSA) is 91.3 Å². The smallest absolute Gasteiger partial charge is 0.416 e. The van der Waals surface area contributed by atoms with E-state index in [9.17, 15) is 22.8 Å². The Kier molecular flexibility index (Phi) is 7.95. The molecule has 2 aromatic rings. The van der Waals surface area contributed by atoms with Gasteiger partial charge in [-0.25, -0.2) is 0 Å². The van der Waals surface area contributed by atoms with Crippen LogP contribution in [0.3, 0.4) is 0 Å². The van der Waals surface area contributed by atoms with Crippen molar-refractivity contribution in [3.8, 4) is 0 Å². The lowest BCUT2D eigenvalue weighted by Crippen LogP contribution is -2.32. The molecule has 164 valence electrons. The van der Waals surface area contributed by atoms with Crippen LogP contribution in [-0.2, 0) is 26.9 Å². The maximum absolute atomic E-state index is 13.0. The van der Waals surface area contributed by atoms with Crippen molar-refractivity contribution in [2.24, 2.45) is 0 Å². The zero-order valence-corrected chi connectivity index (χ0v) is 17.0.